The quantitative estimate of drug-likeness (QED) is 0.627. The molecule has 0 fully saturated rings. The van der Waals surface area contributed by atoms with Gasteiger partial charge < -0.3 is 4.74 Å². The summed E-state index contributed by atoms with van der Waals surface area (Å²) in [5.41, 5.74) is 3.35. The van der Waals surface area contributed by atoms with E-state index in [9.17, 15) is 10.1 Å². The maximum Gasteiger partial charge on any atom is 0.269 e. The minimum atomic E-state index is -0.375. The van der Waals surface area contributed by atoms with Gasteiger partial charge in [-0.25, -0.2) is 0 Å². The third-order valence-electron chi connectivity index (χ3n) is 3.63. The number of nitro benzene ring substituents is 1. The number of non-ortho nitro benzene ring substituents is 1. The molecule has 2 aromatic carbocycles. The van der Waals surface area contributed by atoms with Gasteiger partial charge >= 0.3 is 0 Å². The number of hydrogen-bond donors (Lipinski definition) is 0. The Labute approximate surface area is 122 Å². The minimum Gasteiger partial charge on any atom is -0.369 e. The number of benzene rings is 2. The maximum absolute atomic E-state index is 10.9. The Bertz CT molecular complexity index is 679. The van der Waals surface area contributed by atoms with Gasteiger partial charge in [0.15, 0.2) is 0 Å². The van der Waals surface area contributed by atoms with Crippen molar-refractivity contribution >= 4 is 11.3 Å². The van der Waals surface area contributed by atoms with Crippen LogP contribution < -0.4 is 0 Å². The van der Waals surface area contributed by atoms with E-state index in [1.54, 1.807) is 12.1 Å². The van der Waals surface area contributed by atoms with E-state index in [2.05, 4.69) is 18.2 Å². The first kappa shape index (κ1) is 13.5. The predicted octanol–water partition coefficient (Wildman–Crippen LogP) is 4.14. The first-order chi connectivity index (χ1) is 10.2. The van der Waals surface area contributed by atoms with Crippen LogP contribution in [0.25, 0.3) is 5.57 Å². The summed E-state index contributed by atoms with van der Waals surface area (Å²) in [6, 6.07) is 16.8. The van der Waals surface area contributed by atoms with Gasteiger partial charge in [0.2, 0.25) is 0 Å². The highest BCUT2D eigenvalue weighted by atomic mass is 16.6. The summed E-state index contributed by atoms with van der Waals surface area (Å²) in [6.45, 7) is 0.525. The van der Waals surface area contributed by atoms with Crippen LogP contribution in [-0.2, 0) is 4.74 Å². The topological polar surface area (TPSA) is 52.4 Å². The van der Waals surface area contributed by atoms with Crippen molar-refractivity contribution in [1.29, 1.82) is 0 Å². The van der Waals surface area contributed by atoms with Crippen LogP contribution in [0.15, 0.2) is 60.7 Å². The fraction of sp³-hybridized carbons (Fsp3) is 0.176. The maximum atomic E-state index is 10.9. The highest BCUT2D eigenvalue weighted by Crippen LogP contribution is 2.34. The van der Waals surface area contributed by atoms with Crippen LogP contribution in [0.5, 0.6) is 0 Å². The Balaban J connectivity index is 1.84. The fourth-order valence-corrected chi connectivity index (χ4v) is 2.55. The highest BCUT2D eigenvalue weighted by molar-refractivity contribution is 5.66. The standard InChI is InChI=1S/C17H15NO3/c19-18(20)16-8-4-7-15(11-16)17-12-14(9-10-21-17)13-5-2-1-3-6-13/h1-9,11,17H,10,12H2. The van der Waals surface area contributed by atoms with Gasteiger partial charge in [-0.15, -0.1) is 0 Å². The lowest BCUT2D eigenvalue weighted by atomic mass is 9.94. The van der Waals surface area contributed by atoms with Gasteiger partial charge in [-0.05, 0) is 16.7 Å². The van der Waals surface area contributed by atoms with Gasteiger partial charge in [0.1, 0.15) is 0 Å². The lowest BCUT2D eigenvalue weighted by Crippen LogP contribution is -2.11. The Hall–Kier alpha value is -2.46. The molecule has 0 N–H and O–H groups in total. The zero-order valence-corrected chi connectivity index (χ0v) is 11.4. The molecule has 0 spiro atoms. The Kier molecular flexibility index (Phi) is 3.79. The molecule has 4 heteroatoms. The van der Waals surface area contributed by atoms with Gasteiger partial charge in [-0.2, -0.15) is 0 Å². The first-order valence-electron chi connectivity index (χ1n) is 6.84. The highest BCUT2D eigenvalue weighted by Gasteiger charge is 2.20. The second kappa shape index (κ2) is 5.89. The molecule has 0 radical (unpaired) electrons. The number of ether oxygens (including phenoxy) is 1. The van der Waals surface area contributed by atoms with Crippen molar-refractivity contribution in [2.75, 3.05) is 6.61 Å². The second-order valence-corrected chi connectivity index (χ2v) is 4.97. The average molecular weight is 281 g/mol. The van der Waals surface area contributed by atoms with Gasteiger partial charge in [0, 0.05) is 18.6 Å². The van der Waals surface area contributed by atoms with Gasteiger partial charge in [0.05, 0.1) is 17.6 Å². The van der Waals surface area contributed by atoms with Crippen LogP contribution in [-0.4, -0.2) is 11.5 Å². The van der Waals surface area contributed by atoms with E-state index in [1.165, 1.54) is 17.2 Å². The summed E-state index contributed by atoms with van der Waals surface area (Å²) >= 11 is 0. The zero-order chi connectivity index (χ0) is 14.7. The molecule has 1 unspecified atom stereocenters. The van der Waals surface area contributed by atoms with Crippen molar-refractivity contribution in [3.8, 4) is 0 Å². The summed E-state index contributed by atoms with van der Waals surface area (Å²) in [6.07, 6.45) is 2.67. The Morgan fingerprint density at radius 2 is 1.90 bits per heavy atom. The molecule has 0 aromatic heterocycles. The number of rotatable bonds is 3. The molecule has 21 heavy (non-hydrogen) atoms. The van der Waals surface area contributed by atoms with E-state index in [0.29, 0.717) is 6.61 Å². The third-order valence-corrected chi connectivity index (χ3v) is 3.63. The number of nitrogens with zero attached hydrogens (tertiary/aromatic N) is 1. The Morgan fingerprint density at radius 1 is 1.10 bits per heavy atom. The molecule has 0 saturated heterocycles. The summed E-state index contributed by atoms with van der Waals surface area (Å²) in [4.78, 5) is 10.5. The van der Waals surface area contributed by atoms with Crippen LogP contribution in [0.3, 0.4) is 0 Å². The Morgan fingerprint density at radius 3 is 2.67 bits per heavy atom. The van der Waals surface area contributed by atoms with Gasteiger partial charge in [-0.3, -0.25) is 10.1 Å². The molecule has 2 aromatic rings. The minimum absolute atomic E-state index is 0.104. The molecule has 0 amide bonds. The van der Waals surface area contributed by atoms with Crippen molar-refractivity contribution in [3.63, 3.8) is 0 Å². The zero-order valence-electron chi connectivity index (χ0n) is 11.4. The average Bonchev–Trinajstić information content (AvgIpc) is 2.56. The van der Waals surface area contributed by atoms with Crippen molar-refractivity contribution in [2.45, 2.75) is 12.5 Å². The lowest BCUT2D eigenvalue weighted by Gasteiger charge is -2.24. The SMILES string of the molecule is O=[N+]([O-])c1cccc(C2CC(c3ccccc3)=CCO2)c1. The van der Waals surface area contributed by atoms with E-state index in [-0.39, 0.29) is 16.7 Å². The molecule has 3 rings (SSSR count). The largest absolute Gasteiger partial charge is 0.369 e. The molecule has 0 saturated carbocycles. The van der Waals surface area contributed by atoms with E-state index in [4.69, 9.17) is 4.74 Å². The number of hydrogen-bond acceptors (Lipinski definition) is 3. The molecular formula is C17H15NO3. The third kappa shape index (κ3) is 3.01. The number of nitro groups is 1. The molecule has 1 atom stereocenters. The molecule has 4 nitrogen and oxygen atoms in total. The van der Waals surface area contributed by atoms with Crippen molar-refractivity contribution in [3.05, 3.63) is 81.9 Å². The first-order valence-corrected chi connectivity index (χ1v) is 6.84. The predicted molar refractivity (Wildman–Crippen MR) is 80.8 cm³/mol. The monoisotopic (exact) mass is 281 g/mol. The van der Waals surface area contributed by atoms with Gasteiger partial charge in [0.25, 0.3) is 5.69 Å². The van der Waals surface area contributed by atoms with E-state index < -0.39 is 0 Å². The van der Waals surface area contributed by atoms with Crippen LogP contribution in [0.1, 0.15) is 23.7 Å². The molecule has 0 bridgehead atoms. The fourth-order valence-electron chi connectivity index (χ4n) is 2.55. The summed E-state index contributed by atoms with van der Waals surface area (Å²) in [7, 11) is 0. The normalized spacial score (nSPS) is 18.1. The molecule has 1 heterocycles. The van der Waals surface area contributed by atoms with Crippen LogP contribution in [0.4, 0.5) is 5.69 Å². The van der Waals surface area contributed by atoms with E-state index in [1.807, 2.05) is 24.3 Å². The van der Waals surface area contributed by atoms with Crippen molar-refractivity contribution < 1.29 is 9.66 Å². The van der Waals surface area contributed by atoms with Crippen molar-refractivity contribution in [1.82, 2.24) is 0 Å². The van der Waals surface area contributed by atoms with Crippen LogP contribution in [0, 0.1) is 10.1 Å². The summed E-state index contributed by atoms with van der Waals surface area (Å²) < 4.78 is 5.75. The van der Waals surface area contributed by atoms with Crippen LogP contribution >= 0.6 is 0 Å². The van der Waals surface area contributed by atoms with E-state index >= 15 is 0 Å². The summed E-state index contributed by atoms with van der Waals surface area (Å²) in [5.74, 6) is 0. The molecule has 106 valence electrons. The smallest absolute Gasteiger partial charge is 0.269 e. The molecular weight excluding hydrogens is 266 g/mol. The molecule has 1 aliphatic heterocycles. The second-order valence-electron chi connectivity index (χ2n) is 4.97. The lowest BCUT2D eigenvalue weighted by molar-refractivity contribution is -0.385. The summed E-state index contributed by atoms with van der Waals surface area (Å²) in [5, 5.41) is 10.9. The van der Waals surface area contributed by atoms with Crippen molar-refractivity contribution in [2.24, 2.45) is 0 Å². The van der Waals surface area contributed by atoms with Crippen LogP contribution in [0.2, 0.25) is 0 Å². The molecule has 0 aliphatic carbocycles. The van der Waals surface area contributed by atoms with Gasteiger partial charge in [-0.1, -0.05) is 48.5 Å². The van der Waals surface area contributed by atoms with E-state index in [0.717, 1.165) is 12.0 Å². The molecule has 1 aliphatic rings.